The highest BCUT2D eigenvalue weighted by atomic mass is 32.2. The molecule has 1 N–H and O–H groups in total. The van der Waals surface area contributed by atoms with Crippen molar-refractivity contribution >= 4 is 27.3 Å². The molecule has 2 rings (SSSR count). The number of benzene rings is 2. The van der Waals surface area contributed by atoms with Gasteiger partial charge in [-0.2, -0.15) is 0 Å². The van der Waals surface area contributed by atoms with Crippen LogP contribution in [-0.4, -0.2) is 27.1 Å². The number of hydrogen-bond acceptors (Lipinski definition) is 3. The van der Waals surface area contributed by atoms with E-state index < -0.39 is 10.0 Å². The van der Waals surface area contributed by atoms with Gasteiger partial charge in [0.05, 0.1) is 11.9 Å². The summed E-state index contributed by atoms with van der Waals surface area (Å²) in [5.41, 5.74) is 5.12. The minimum atomic E-state index is -3.58. The van der Waals surface area contributed by atoms with Gasteiger partial charge in [-0.15, -0.1) is 0 Å². The van der Waals surface area contributed by atoms with Gasteiger partial charge in [0.2, 0.25) is 15.9 Å². The Labute approximate surface area is 149 Å². The van der Waals surface area contributed by atoms with Crippen molar-refractivity contribution in [3.63, 3.8) is 0 Å². The van der Waals surface area contributed by atoms with Crippen LogP contribution in [0.3, 0.4) is 0 Å². The van der Waals surface area contributed by atoms with Crippen molar-refractivity contribution in [3.8, 4) is 0 Å². The fraction of sp³-hybridized carbons (Fsp3) is 0.316. The van der Waals surface area contributed by atoms with Crippen LogP contribution in [0, 0.1) is 27.7 Å². The minimum absolute atomic E-state index is 0.269. The lowest BCUT2D eigenvalue weighted by molar-refractivity contribution is -0.114. The van der Waals surface area contributed by atoms with E-state index in [1.807, 2.05) is 52.0 Å². The zero-order chi connectivity index (χ0) is 18.8. The molecular formula is C19H24N2O3S. The zero-order valence-electron chi connectivity index (χ0n) is 15.3. The van der Waals surface area contributed by atoms with Crippen LogP contribution >= 0.6 is 0 Å². The molecule has 0 heterocycles. The lowest BCUT2D eigenvalue weighted by Gasteiger charge is -2.23. The van der Waals surface area contributed by atoms with Crippen LogP contribution in [0.1, 0.15) is 22.3 Å². The highest BCUT2D eigenvalue weighted by Gasteiger charge is 2.21. The van der Waals surface area contributed by atoms with Crippen molar-refractivity contribution in [2.45, 2.75) is 27.7 Å². The molecular weight excluding hydrogens is 336 g/mol. The third-order valence-corrected chi connectivity index (χ3v) is 5.35. The summed E-state index contributed by atoms with van der Waals surface area (Å²) in [7, 11) is -3.58. The predicted molar refractivity (Wildman–Crippen MR) is 103 cm³/mol. The van der Waals surface area contributed by atoms with E-state index >= 15 is 0 Å². The Hall–Kier alpha value is -2.34. The van der Waals surface area contributed by atoms with E-state index in [-0.39, 0.29) is 12.5 Å². The van der Waals surface area contributed by atoms with Crippen LogP contribution in [0.15, 0.2) is 36.4 Å². The molecule has 134 valence electrons. The van der Waals surface area contributed by atoms with E-state index in [2.05, 4.69) is 5.32 Å². The van der Waals surface area contributed by atoms with Crippen LogP contribution in [0.25, 0.3) is 0 Å². The molecule has 0 aromatic heterocycles. The molecule has 6 heteroatoms. The number of carbonyl (C=O) groups excluding carboxylic acids is 1. The van der Waals surface area contributed by atoms with Crippen LogP contribution in [0.4, 0.5) is 11.4 Å². The first-order valence-electron chi connectivity index (χ1n) is 8.00. The third kappa shape index (κ3) is 4.60. The van der Waals surface area contributed by atoms with Crippen LogP contribution in [-0.2, 0) is 14.8 Å². The van der Waals surface area contributed by atoms with Gasteiger partial charge < -0.3 is 5.32 Å². The second kappa shape index (κ2) is 7.27. The number of amides is 1. The number of hydrogen-bond donors (Lipinski definition) is 1. The number of rotatable bonds is 5. The summed E-state index contributed by atoms with van der Waals surface area (Å²) in [5, 5.41) is 2.83. The largest absolute Gasteiger partial charge is 0.324 e. The van der Waals surface area contributed by atoms with E-state index in [0.717, 1.165) is 38.5 Å². The first-order chi connectivity index (χ1) is 11.6. The number of nitrogens with one attached hydrogen (secondary N) is 1. The van der Waals surface area contributed by atoms with Gasteiger partial charge in [0.25, 0.3) is 0 Å². The fourth-order valence-corrected chi connectivity index (χ4v) is 3.45. The molecule has 0 spiro atoms. The summed E-state index contributed by atoms with van der Waals surface area (Å²) in [4.78, 5) is 12.5. The van der Waals surface area contributed by atoms with E-state index in [1.54, 1.807) is 12.1 Å². The highest BCUT2D eigenvalue weighted by Crippen LogP contribution is 2.22. The molecule has 0 aliphatic carbocycles. The second-order valence-corrected chi connectivity index (χ2v) is 8.26. The number of sulfonamides is 1. The maximum Gasteiger partial charge on any atom is 0.245 e. The second-order valence-electron chi connectivity index (χ2n) is 6.35. The van der Waals surface area contributed by atoms with Crippen molar-refractivity contribution in [1.82, 2.24) is 0 Å². The van der Waals surface area contributed by atoms with E-state index in [0.29, 0.717) is 5.69 Å². The van der Waals surface area contributed by atoms with Crippen LogP contribution < -0.4 is 9.62 Å². The molecule has 5 nitrogen and oxygen atoms in total. The summed E-state index contributed by atoms with van der Waals surface area (Å²) in [5.74, 6) is -0.374. The Morgan fingerprint density at radius 2 is 1.56 bits per heavy atom. The summed E-state index contributed by atoms with van der Waals surface area (Å²) < 4.78 is 25.5. The Bertz CT molecular complexity index is 885. The monoisotopic (exact) mass is 360 g/mol. The lowest BCUT2D eigenvalue weighted by atomic mass is 10.1. The van der Waals surface area contributed by atoms with Crippen LogP contribution in [0.5, 0.6) is 0 Å². The first-order valence-corrected chi connectivity index (χ1v) is 9.85. The van der Waals surface area contributed by atoms with E-state index in [4.69, 9.17) is 0 Å². The standard InChI is InChI=1S/C19H24N2O3S/c1-13-9-10-17(11-16(13)4)21(25(5,23)24)12-18(22)20-19-14(2)7-6-8-15(19)3/h6-11H,12H2,1-5H3,(H,20,22). The number of aryl methyl sites for hydroxylation is 4. The topological polar surface area (TPSA) is 66.5 Å². The Kier molecular flexibility index (Phi) is 5.52. The molecule has 0 radical (unpaired) electrons. The summed E-state index contributed by atoms with van der Waals surface area (Å²) in [6.07, 6.45) is 1.11. The maximum absolute atomic E-state index is 12.5. The van der Waals surface area contributed by atoms with Gasteiger partial charge in [-0.05, 0) is 62.1 Å². The van der Waals surface area contributed by atoms with Gasteiger partial charge in [0.1, 0.15) is 6.54 Å². The fourth-order valence-electron chi connectivity index (χ4n) is 2.60. The number of nitrogens with zero attached hydrogens (tertiary/aromatic N) is 1. The molecule has 0 bridgehead atoms. The molecule has 25 heavy (non-hydrogen) atoms. The van der Waals surface area contributed by atoms with Crippen LogP contribution in [0.2, 0.25) is 0 Å². The average Bonchev–Trinajstić information content (AvgIpc) is 2.50. The van der Waals surface area contributed by atoms with Crippen molar-refractivity contribution < 1.29 is 13.2 Å². The average molecular weight is 360 g/mol. The van der Waals surface area contributed by atoms with Gasteiger partial charge in [0.15, 0.2) is 0 Å². The minimum Gasteiger partial charge on any atom is -0.324 e. The van der Waals surface area contributed by atoms with Crippen molar-refractivity contribution in [3.05, 3.63) is 58.7 Å². The molecule has 0 unspecified atom stereocenters. The maximum atomic E-state index is 12.5. The van der Waals surface area contributed by atoms with Crippen molar-refractivity contribution in [1.29, 1.82) is 0 Å². The van der Waals surface area contributed by atoms with E-state index in [1.165, 1.54) is 0 Å². The molecule has 2 aromatic carbocycles. The molecule has 0 saturated heterocycles. The highest BCUT2D eigenvalue weighted by molar-refractivity contribution is 7.92. The van der Waals surface area contributed by atoms with Crippen molar-refractivity contribution in [2.75, 3.05) is 22.4 Å². The SMILES string of the molecule is Cc1ccc(N(CC(=O)Nc2c(C)cccc2C)S(C)(=O)=O)cc1C. The molecule has 1 amide bonds. The smallest absolute Gasteiger partial charge is 0.245 e. The summed E-state index contributed by atoms with van der Waals surface area (Å²) >= 11 is 0. The quantitative estimate of drug-likeness (QED) is 0.889. The first kappa shape index (κ1) is 19.0. The number of carbonyl (C=O) groups is 1. The van der Waals surface area contributed by atoms with Gasteiger partial charge in [-0.1, -0.05) is 24.3 Å². The Morgan fingerprint density at radius 3 is 2.08 bits per heavy atom. The summed E-state index contributed by atoms with van der Waals surface area (Å²) in [6, 6.07) is 11.1. The van der Waals surface area contributed by atoms with Crippen molar-refractivity contribution in [2.24, 2.45) is 0 Å². The normalized spacial score (nSPS) is 11.2. The van der Waals surface area contributed by atoms with Gasteiger partial charge in [-0.25, -0.2) is 8.42 Å². The molecule has 0 fully saturated rings. The van der Waals surface area contributed by atoms with Gasteiger partial charge >= 0.3 is 0 Å². The molecule has 0 atom stereocenters. The third-order valence-electron chi connectivity index (χ3n) is 4.21. The summed E-state index contributed by atoms with van der Waals surface area (Å²) in [6.45, 7) is 7.41. The lowest BCUT2D eigenvalue weighted by Crippen LogP contribution is -2.37. The molecule has 0 saturated carbocycles. The molecule has 0 aliphatic heterocycles. The Morgan fingerprint density at radius 1 is 0.960 bits per heavy atom. The molecule has 2 aromatic rings. The van der Waals surface area contributed by atoms with E-state index in [9.17, 15) is 13.2 Å². The zero-order valence-corrected chi connectivity index (χ0v) is 16.1. The predicted octanol–water partition coefficient (Wildman–Crippen LogP) is 3.32. The Balaban J connectivity index is 2.29. The van der Waals surface area contributed by atoms with Gasteiger partial charge in [-0.3, -0.25) is 9.10 Å². The number of anilines is 2. The molecule has 0 aliphatic rings. The van der Waals surface area contributed by atoms with Gasteiger partial charge in [0, 0.05) is 5.69 Å². The number of para-hydroxylation sites is 1.